The fourth-order valence-electron chi connectivity index (χ4n) is 2.03. The molecule has 104 valence electrons. The van der Waals surface area contributed by atoms with Crippen molar-refractivity contribution in [2.75, 3.05) is 0 Å². The van der Waals surface area contributed by atoms with Crippen LogP contribution in [0.15, 0.2) is 34.3 Å². The molecular weight excluding hydrogens is 232 g/mol. The molecule has 1 aliphatic heterocycles. The van der Waals surface area contributed by atoms with Gasteiger partial charge in [-0.3, -0.25) is 4.99 Å². The van der Waals surface area contributed by atoms with Crippen LogP contribution in [0.4, 0.5) is 0 Å². The maximum atomic E-state index is 4.73. The van der Waals surface area contributed by atoms with Crippen LogP contribution in [0, 0.1) is 5.41 Å². The van der Waals surface area contributed by atoms with E-state index in [-0.39, 0.29) is 11.5 Å². The van der Waals surface area contributed by atoms with Gasteiger partial charge < -0.3 is 0 Å². The lowest BCUT2D eigenvalue weighted by molar-refractivity contribution is 0.594. The standard InChI is InChI=1S/C15H20N2.C2H6/c1-10(2)16-14-12-9-7-6-8-11(12)13(17-14)15(3,4)5;1-2/h6-10H,1-5H3;1-2H3. The summed E-state index contributed by atoms with van der Waals surface area (Å²) in [6.45, 7) is 14.8. The molecule has 0 aliphatic carbocycles. The Morgan fingerprint density at radius 1 is 1.00 bits per heavy atom. The molecule has 1 aromatic rings. The predicted octanol–water partition coefficient (Wildman–Crippen LogP) is 4.72. The Morgan fingerprint density at radius 3 is 2.00 bits per heavy atom. The van der Waals surface area contributed by atoms with Gasteiger partial charge in [0.2, 0.25) is 0 Å². The van der Waals surface area contributed by atoms with Gasteiger partial charge in [-0.2, -0.15) is 0 Å². The van der Waals surface area contributed by atoms with Crippen LogP contribution >= 0.6 is 0 Å². The number of hydrogen-bond donors (Lipinski definition) is 0. The molecule has 0 aromatic heterocycles. The van der Waals surface area contributed by atoms with Gasteiger partial charge in [0.25, 0.3) is 0 Å². The molecule has 0 saturated carbocycles. The molecule has 1 aliphatic rings. The first-order valence-electron chi connectivity index (χ1n) is 7.16. The molecular formula is C17H26N2. The SMILES string of the molecule is CC.CC(C)N=C1N=C(C(C)(C)C)c2ccccc21. The molecule has 0 atom stereocenters. The van der Waals surface area contributed by atoms with Crippen LogP contribution in [0.25, 0.3) is 0 Å². The molecule has 2 nitrogen and oxygen atoms in total. The van der Waals surface area contributed by atoms with E-state index in [1.165, 1.54) is 11.1 Å². The van der Waals surface area contributed by atoms with Gasteiger partial charge in [-0.15, -0.1) is 0 Å². The average Bonchev–Trinajstić information content (AvgIpc) is 2.70. The summed E-state index contributed by atoms with van der Waals surface area (Å²) in [5.41, 5.74) is 3.61. The zero-order valence-electron chi connectivity index (χ0n) is 13.3. The van der Waals surface area contributed by atoms with Gasteiger partial charge in [0, 0.05) is 22.6 Å². The first-order chi connectivity index (χ1) is 8.89. The molecule has 0 amide bonds. The van der Waals surface area contributed by atoms with Crippen molar-refractivity contribution in [1.29, 1.82) is 0 Å². The van der Waals surface area contributed by atoms with Crippen molar-refractivity contribution in [1.82, 2.24) is 0 Å². The van der Waals surface area contributed by atoms with Crippen LogP contribution in [-0.4, -0.2) is 17.6 Å². The van der Waals surface area contributed by atoms with Crippen molar-refractivity contribution in [3.8, 4) is 0 Å². The first kappa shape index (κ1) is 15.6. The number of benzene rings is 1. The molecule has 0 unspecified atom stereocenters. The van der Waals surface area contributed by atoms with E-state index >= 15 is 0 Å². The van der Waals surface area contributed by atoms with Crippen LogP contribution in [0.3, 0.4) is 0 Å². The number of fused-ring (bicyclic) bond motifs is 1. The largest absolute Gasteiger partial charge is 0.263 e. The summed E-state index contributed by atoms with van der Waals surface area (Å²) in [5, 5.41) is 0. The molecule has 19 heavy (non-hydrogen) atoms. The Morgan fingerprint density at radius 2 is 1.53 bits per heavy atom. The van der Waals surface area contributed by atoms with Crippen molar-refractivity contribution < 1.29 is 0 Å². The van der Waals surface area contributed by atoms with E-state index in [4.69, 9.17) is 4.99 Å². The molecule has 0 radical (unpaired) electrons. The van der Waals surface area contributed by atoms with E-state index in [2.05, 4.69) is 63.9 Å². The van der Waals surface area contributed by atoms with Gasteiger partial charge in [0.1, 0.15) is 0 Å². The Bertz CT molecular complexity index is 488. The first-order valence-corrected chi connectivity index (χ1v) is 7.16. The summed E-state index contributed by atoms with van der Waals surface area (Å²) in [7, 11) is 0. The molecule has 2 rings (SSSR count). The maximum Gasteiger partial charge on any atom is 0.155 e. The Kier molecular flexibility index (Phi) is 5.04. The van der Waals surface area contributed by atoms with Crippen molar-refractivity contribution in [2.24, 2.45) is 15.4 Å². The van der Waals surface area contributed by atoms with Gasteiger partial charge in [-0.1, -0.05) is 58.9 Å². The fraction of sp³-hybridized carbons (Fsp3) is 0.529. The van der Waals surface area contributed by atoms with Gasteiger partial charge in [0.05, 0.1) is 5.71 Å². The monoisotopic (exact) mass is 258 g/mol. The summed E-state index contributed by atoms with van der Waals surface area (Å²) < 4.78 is 0. The lowest BCUT2D eigenvalue weighted by atomic mass is 9.85. The highest BCUT2D eigenvalue weighted by atomic mass is 15.0. The van der Waals surface area contributed by atoms with Crippen molar-refractivity contribution in [3.63, 3.8) is 0 Å². The summed E-state index contributed by atoms with van der Waals surface area (Å²) in [6, 6.07) is 8.65. The van der Waals surface area contributed by atoms with E-state index in [0.29, 0.717) is 0 Å². The van der Waals surface area contributed by atoms with Gasteiger partial charge in [-0.25, -0.2) is 4.99 Å². The van der Waals surface area contributed by atoms with Crippen molar-refractivity contribution >= 4 is 11.5 Å². The molecule has 0 N–H and O–H groups in total. The van der Waals surface area contributed by atoms with E-state index in [9.17, 15) is 0 Å². The molecule has 0 bridgehead atoms. The molecule has 1 aromatic carbocycles. The highest BCUT2D eigenvalue weighted by molar-refractivity contribution is 6.24. The predicted molar refractivity (Wildman–Crippen MR) is 85.5 cm³/mol. The topological polar surface area (TPSA) is 24.7 Å². The smallest absolute Gasteiger partial charge is 0.155 e. The minimum atomic E-state index is 0.0599. The third kappa shape index (κ3) is 3.52. The third-order valence-electron chi connectivity index (χ3n) is 2.73. The fourth-order valence-corrected chi connectivity index (χ4v) is 2.03. The average molecular weight is 258 g/mol. The third-order valence-corrected chi connectivity index (χ3v) is 2.73. The number of amidine groups is 1. The zero-order valence-corrected chi connectivity index (χ0v) is 13.3. The van der Waals surface area contributed by atoms with Gasteiger partial charge >= 0.3 is 0 Å². The van der Waals surface area contributed by atoms with E-state index in [0.717, 1.165) is 11.5 Å². The number of rotatable bonds is 1. The molecule has 1 heterocycles. The van der Waals surface area contributed by atoms with Crippen LogP contribution in [-0.2, 0) is 0 Å². The Balaban J connectivity index is 0.000000861. The highest BCUT2D eigenvalue weighted by Crippen LogP contribution is 2.30. The van der Waals surface area contributed by atoms with Crippen molar-refractivity contribution in [2.45, 2.75) is 54.5 Å². The number of hydrogen-bond acceptors (Lipinski definition) is 1. The second kappa shape index (κ2) is 6.14. The second-order valence-corrected chi connectivity index (χ2v) is 5.80. The van der Waals surface area contributed by atoms with E-state index < -0.39 is 0 Å². The molecule has 0 saturated heterocycles. The summed E-state index contributed by atoms with van der Waals surface area (Å²) in [5.74, 6) is 0.889. The maximum absolute atomic E-state index is 4.73. The van der Waals surface area contributed by atoms with Crippen LogP contribution < -0.4 is 0 Å². The minimum Gasteiger partial charge on any atom is -0.263 e. The highest BCUT2D eigenvalue weighted by Gasteiger charge is 2.29. The molecule has 2 heteroatoms. The van der Waals surface area contributed by atoms with Crippen LogP contribution in [0.5, 0.6) is 0 Å². The van der Waals surface area contributed by atoms with E-state index in [1.807, 2.05) is 13.8 Å². The van der Waals surface area contributed by atoms with Crippen molar-refractivity contribution in [3.05, 3.63) is 35.4 Å². The van der Waals surface area contributed by atoms with Crippen LogP contribution in [0.1, 0.15) is 59.6 Å². The quantitative estimate of drug-likeness (QED) is 0.696. The lowest BCUT2D eigenvalue weighted by Crippen LogP contribution is -2.19. The molecule has 0 spiro atoms. The minimum absolute atomic E-state index is 0.0599. The normalized spacial score (nSPS) is 16.0. The summed E-state index contributed by atoms with van der Waals surface area (Å²) >= 11 is 0. The summed E-state index contributed by atoms with van der Waals surface area (Å²) in [6.07, 6.45) is 0. The Labute approximate surface area is 117 Å². The lowest BCUT2D eigenvalue weighted by Gasteiger charge is -2.18. The molecule has 0 fully saturated rings. The van der Waals surface area contributed by atoms with Crippen LogP contribution in [0.2, 0.25) is 0 Å². The zero-order chi connectivity index (χ0) is 14.6. The summed E-state index contributed by atoms with van der Waals surface area (Å²) in [4.78, 5) is 9.34. The number of aliphatic imine (C=N–C) groups is 2. The number of nitrogens with zero attached hydrogens (tertiary/aromatic N) is 2. The van der Waals surface area contributed by atoms with E-state index in [1.54, 1.807) is 0 Å². The van der Waals surface area contributed by atoms with Gasteiger partial charge in [-0.05, 0) is 13.8 Å². The Hall–Kier alpha value is -1.44. The van der Waals surface area contributed by atoms with Gasteiger partial charge in [0.15, 0.2) is 5.84 Å². The second-order valence-electron chi connectivity index (χ2n) is 5.80.